The van der Waals surface area contributed by atoms with Gasteiger partial charge in [-0.15, -0.1) is 10.2 Å². The molecule has 0 aliphatic carbocycles. The van der Waals surface area contributed by atoms with E-state index in [1.807, 2.05) is 42.7 Å². The maximum Gasteiger partial charge on any atom is 0.315 e. The lowest BCUT2D eigenvalue weighted by molar-refractivity contribution is 0.236. The van der Waals surface area contributed by atoms with Crippen LogP contribution in [0.3, 0.4) is 0 Å². The molecule has 1 aromatic carbocycles. The highest BCUT2D eigenvalue weighted by Crippen LogP contribution is 2.13. The van der Waals surface area contributed by atoms with Crippen LogP contribution in [0.5, 0.6) is 5.75 Å². The van der Waals surface area contributed by atoms with Gasteiger partial charge < -0.3 is 19.9 Å². The Hall–Kier alpha value is -2.57. The molecule has 1 atom stereocenters. The van der Waals surface area contributed by atoms with E-state index < -0.39 is 0 Å². The van der Waals surface area contributed by atoms with Crippen LogP contribution in [-0.2, 0) is 19.5 Å². The van der Waals surface area contributed by atoms with E-state index in [2.05, 4.69) is 20.8 Å². The van der Waals surface area contributed by atoms with E-state index in [9.17, 15) is 4.79 Å². The average molecular weight is 331 g/mol. The number of hydrogen-bond donors (Lipinski definition) is 2. The smallest absolute Gasteiger partial charge is 0.315 e. The molecule has 2 amide bonds. The normalized spacial score (nSPS) is 11.8. The van der Waals surface area contributed by atoms with Crippen molar-refractivity contribution in [2.45, 2.75) is 45.8 Å². The Morgan fingerprint density at radius 2 is 2.08 bits per heavy atom. The minimum atomic E-state index is -0.192. The molecule has 0 aliphatic rings. The van der Waals surface area contributed by atoms with Crippen molar-refractivity contribution in [1.29, 1.82) is 0 Å². The number of nitrogens with one attached hydrogen (secondary N) is 2. The number of nitrogens with zero attached hydrogens (tertiary/aromatic N) is 3. The molecule has 1 heterocycles. The van der Waals surface area contributed by atoms with E-state index in [0.29, 0.717) is 6.54 Å². The quantitative estimate of drug-likeness (QED) is 0.776. The second kappa shape index (κ2) is 8.90. The summed E-state index contributed by atoms with van der Waals surface area (Å²) in [7, 11) is 1.66. The largest absolute Gasteiger partial charge is 0.497 e. The van der Waals surface area contributed by atoms with Gasteiger partial charge in [0.25, 0.3) is 0 Å². The molecule has 24 heavy (non-hydrogen) atoms. The van der Waals surface area contributed by atoms with Gasteiger partial charge in [0.2, 0.25) is 0 Å². The van der Waals surface area contributed by atoms with Crippen molar-refractivity contribution in [3.8, 4) is 5.75 Å². The van der Waals surface area contributed by atoms with E-state index >= 15 is 0 Å². The van der Waals surface area contributed by atoms with E-state index in [1.54, 1.807) is 13.4 Å². The molecule has 0 bridgehead atoms. The molecule has 0 saturated carbocycles. The number of ether oxygens (including phenoxy) is 1. The summed E-state index contributed by atoms with van der Waals surface area (Å²) in [5.41, 5.74) is 1.22. The van der Waals surface area contributed by atoms with Crippen molar-refractivity contribution in [2.24, 2.45) is 0 Å². The van der Waals surface area contributed by atoms with Gasteiger partial charge >= 0.3 is 6.03 Å². The van der Waals surface area contributed by atoms with Gasteiger partial charge in [0.05, 0.1) is 13.7 Å². The second-order valence-electron chi connectivity index (χ2n) is 5.65. The summed E-state index contributed by atoms with van der Waals surface area (Å²) in [5, 5.41) is 13.6. The van der Waals surface area contributed by atoms with Gasteiger partial charge in [0.15, 0.2) is 5.82 Å². The van der Waals surface area contributed by atoms with Gasteiger partial charge in [0.1, 0.15) is 12.1 Å². The third-order valence-electron chi connectivity index (χ3n) is 3.85. The van der Waals surface area contributed by atoms with Crippen LogP contribution in [0, 0.1) is 0 Å². The highest BCUT2D eigenvalue weighted by molar-refractivity contribution is 5.74. The van der Waals surface area contributed by atoms with Crippen molar-refractivity contribution >= 4 is 6.03 Å². The minimum Gasteiger partial charge on any atom is -0.497 e. The van der Waals surface area contributed by atoms with E-state index in [1.165, 1.54) is 5.56 Å². The number of amides is 2. The lowest BCUT2D eigenvalue weighted by Gasteiger charge is -2.15. The zero-order valence-corrected chi connectivity index (χ0v) is 14.5. The molecule has 0 spiro atoms. The molecule has 2 rings (SSSR count). The van der Waals surface area contributed by atoms with Crippen LogP contribution >= 0.6 is 0 Å². The van der Waals surface area contributed by atoms with E-state index in [-0.39, 0.29) is 12.1 Å². The van der Waals surface area contributed by atoms with Crippen LogP contribution in [0.4, 0.5) is 4.79 Å². The predicted molar refractivity (Wildman–Crippen MR) is 91.8 cm³/mol. The van der Waals surface area contributed by atoms with Crippen LogP contribution in [-0.4, -0.2) is 33.9 Å². The molecule has 0 fully saturated rings. The third-order valence-corrected chi connectivity index (χ3v) is 3.85. The van der Waals surface area contributed by atoms with Gasteiger partial charge in [-0.2, -0.15) is 0 Å². The highest BCUT2D eigenvalue weighted by Gasteiger charge is 2.09. The lowest BCUT2D eigenvalue weighted by atomic mass is 10.1. The fourth-order valence-electron chi connectivity index (χ4n) is 2.36. The van der Waals surface area contributed by atoms with Crippen LogP contribution < -0.4 is 15.4 Å². The first-order valence-electron chi connectivity index (χ1n) is 8.16. The second-order valence-corrected chi connectivity index (χ2v) is 5.65. The van der Waals surface area contributed by atoms with Gasteiger partial charge in [-0.25, -0.2) is 4.79 Å². The molecule has 7 heteroatoms. The molecule has 0 aliphatic heterocycles. The third kappa shape index (κ3) is 5.26. The number of hydrogen-bond acceptors (Lipinski definition) is 4. The minimum absolute atomic E-state index is 0.0798. The Morgan fingerprint density at radius 1 is 1.33 bits per heavy atom. The van der Waals surface area contributed by atoms with Crippen molar-refractivity contribution in [2.75, 3.05) is 7.11 Å². The molecule has 0 unspecified atom stereocenters. The fourth-order valence-corrected chi connectivity index (χ4v) is 2.36. The van der Waals surface area contributed by atoms with Crippen molar-refractivity contribution in [3.05, 3.63) is 42.0 Å². The lowest BCUT2D eigenvalue weighted by Crippen LogP contribution is -2.41. The average Bonchev–Trinajstić information content (AvgIpc) is 3.06. The maximum absolute atomic E-state index is 11.9. The number of aryl methyl sites for hydroxylation is 2. The number of rotatable bonds is 8. The summed E-state index contributed by atoms with van der Waals surface area (Å²) in [6.45, 7) is 5.15. The molecule has 2 aromatic rings. The van der Waals surface area contributed by atoms with Crippen molar-refractivity contribution < 1.29 is 9.53 Å². The monoisotopic (exact) mass is 331 g/mol. The van der Waals surface area contributed by atoms with Crippen LogP contribution in [0.2, 0.25) is 0 Å². The zero-order valence-electron chi connectivity index (χ0n) is 14.5. The first-order chi connectivity index (χ1) is 11.6. The number of urea groups is 1. The molecule has 1 aromatic heterocycles. The Morgan fingerprint density at radius 3 is 2.75 bits per heavy atom. The topological polar surface area (TPSA) is 81.1 Å². The molecule has 2 N–H and O–H groups in total. The van der Waals surface area contributed by atoms with Gasteiger partial charge in [-0.3, -0.25) is 0 Å². The predicted octanol–water partition coefficient (Wildman–Crippen LogP) is 2.13. The van der Waals surface area contributed by atoms with E-state index in [0.717, 1.165) is 31.0 Å². The SMILES string of the molecule is CCn1cnnc1CNC(=O)N[C@H](C)CCc1ccc(OC)cc1. The summed E-state index contributed by atoms with van der Waals surface area (Å²) in [6, 6.07) is 7.87. The number of methoxy groups -OCH3 is 1. The summed E-state index contributed by atoms with van der Waals surface area (Å²) in [5.74, 6) is 1.60. The fraction of sp³-hybridized carbons (Fsp3) is 0.471. The Kier molecular flexibility index (Phi) is 6.60. The Bertz CT molecular complexity index is 639. The molecular weight excluding hydrogens is 306 g/mol. The molecule has 0 saturated heterocycles. The first-order valence-corrected chi connectivity index (χ1v) is 8.16. The maximum atomic E-state index is 11.9. The van der Waals surface area contributed by atoms with Crippen molar-refractivity contribution in [3.63, 3.8) is 0 Å². The van der Waals surface area contributed by atoms with Crippen molar-refractivity contribution in [1.82, 2.24) is 25.4 Å². The Balaban J connectivity index is 1.71. The summed E-state index contributed by atoms with van der Waals surface area (Å²) in [6.07, 6.45) is 3.42. The Labute approximate surface area is 142 Å². The van der Waals surface area contributed by atoms with Crippen LogP contribution in [0.1, 0.15) is 31.7 Å². The summed E-state index contributed by atoms with van der Waals surface area (Å²) < 4.78 is 7.04. The molecule has 7 nitrogen and oxygen atoms in total. The van der Waals surface area contributed by atoms with Gasteiger partial charge in [-0.05, 0) is 44.4 Å². The van der Waals surface area contributed by atoms with Gasteiger partial charge in [0, 0.05) is 12.6 Å². The molecule has 130 valence electrons. The summed E-state index contributed by atoms with van der Waals surface area (Å²) >= 11 is 0. The molecule has 0 radical (unpaired) electrons. The number of carbonyl (C=O) groups is 1. The van der Waals surface area contributed by atoms with Gasteiger partial charge in [-0.1, -0.05) is 12.1 Å². The van der Waals surface area contributed by atoms with Crippen LogP contribution in [0.15, 0.2) is 30.6 Å². The van der Waals surface area contributed by atoms with Crippen LogP contribution in [0.25, 0.3) is 0 Å². The number of aromatic nitrogens is 3. The number of carbonyl (C=O) groups excluding carboxylic acids is 1. The number of benzene rings is 1. The standard InChI is InChI=1S/C17H25N5O2/c1-4-22-12-19-21-16(22)11-18-17(23)20-13(2)5-6-14-7-9-15(24-3)10-8-14/h7-10,12-13H,4-6,11H2,1-3H3,(H2,18,20,23)/t13-/m1/s1. The summed E-state index contributed by atoms with van der Waals surface area (Å²) in [4.78, 5) is 11.9. The first kappa shape index (κ1) is 17.8. The highest BCUT2D eigenvalue weighted by atomic mass is 16.5. The molecular formula is C17H25N5O2. The zero-order chi connectivity index (χ0) is 17.4. The van der Waals surface area contributed by atoms with E-state index in [4.69, 9.17) is 4.74 Å².